The van der Waals surface area contributed by atoms with Crippen LogP contribution in [0.3, 0.4) is 0 Å². The fourth-order valence-corrected chi connectivity index (χ4v) is 2.44. The second-order valence-electron chi connectivity index (χ2n) is 5.48. The zero-order chi connectivity index (χ0) is 16.9. The van der Waals surface area contributed by atoms with Gasteiger partial charge in [-0.2, -0.15) is 5.26 Å². The second-order valence-corrected chi connectivity index (χ2v) is 5.48. The van der Waals surface area contributed by atoms with Gasteiger partial charge in [0.2, 0.25) is 0 Å². The molecular weight excluding hydrogens is 298 g/mol. The minimum Gasteiger partial charge on any atom is -0.457 e. The largest absolute Gasteiger partial charge is 0.457 e. The molecule has 0 aliphatic rings. The van der Waals surface area contributed by atoms with Crippen LogP contribution in [0.5, 0.6) is 11.5 Å². The number of hydrogen-bond donors (Lipinski definition) is 1. The summed E-state index contributed by atoms with van der Waals surface area (Å²) in [4.78, 5) is 4.43. The van der Waals surface area contributed by atoms with E-state index in [9.17, 15) is 5.26 Å². The van der Waals surface area contributed by atoms with Gasteiger partial charge in [0, 0.05) is 11.4 Å². The highest BCUT2D eigenvalue weighted by molar-refractivity contribution is 5.65. The van der Waals surface area contributed by atoms with Gasteiger partial charge in [0.15, 0.2) is 0 Å². The Balaban J connectivity index is 1.79. The molecule has 1 aromatic heterocycles. The van der Waals surface area contributed by atoms with Gasteiger partial charge in [0.1, 0.15) is 23.4 Å². The minimum atomic E-state index is 0.560. The summed E-state index contributed by atoms with van der Waals surface area (Å²) in [6.07, 6.45) is 0. The van der Waals surface area contributed by atoms with E-state index in [0.717, 1.165) is 28.4 Å². The fraction of sp³-hybridized carbons (Fsp3) is 0.100. The van der Waals surface area contributed by atoms with Crippen LogP contribution in [0.1, 0.15) is 16.8 Å². The molecule has 0 saturated carbocycles. The number of anilines is 2. The highest BCUT2D eigenvalue weighted by Gasteiger charge is 2.09. The Morgan fingerprint density at radius 1 is 0.958 bits per heavy atom. The smallest absolute Gasteiger partial charge is 0.148 e. The molecular formula is C20H17N3O. The predicted molar refractivity (Wildman–Crippen MR) is 94.7 cm³/mol. The summed E-state index contributed by atoms with van der Waals surface area (Å²) in [6, 6.07) is 21.3. The molecule has 24 heavy (non-hydrogen) atoms. The van der Waals surface area contributed by atoms with E-state index in [1.165, 1.54) is 0 Å². The lowest BCUT2D eigenvalue weighted by Crippen LogP contribution is -2.00. The van der Waals surface area contributed by atoms with Crippen molar-refractivity contribution in [1.29, 1.82) is 5.26 Å². The standard InChI is InChI=1S/C20H17N3O/c1-14-12-15(2)22-20(19(14)13-21)23-16-8-10-18(11-9-16)24-17-6-4-3-5-7-17/h3-12H,1-2H3,(H,22,23). The van der Waals surface area contributed by atoms with Crippen LogP contribution in [0.2, 0.25) is 0 Å². The number of para-hydroxylation sites is 1. The average Bonchev–Trinajstić information content (AvgIpc) is 2.57. The van der Waals surface area contributed by atoms with E-state index in [1.807, 2.05) is 74.5 Å². The second kappa shape index (κ2) is 6.84. The summed E-state index contributed by atoms with van der Waals surface area (Å²) >= 11 is 0. The molecule has 0 fully saturated rings. The Morgan fingerprint density at radius 2 is 1.62 bits per heavy atom. The molecule has 0 unspecified atom stereocenters. The van der Waals surface area contributed by atoms with E-state index >= 15 is 0 Å². The maximum absolute atomic E-state index is 9.33. The van der Waals surface area contributed by atoms with Crippen molar-refractivity contribution >= 4 is 11.5 Å². The number of rotatable bonds is 4. The highest BCUT2D eigenvalue weighted by atomic mass is 16.5. The summed E-state index contributed by atoms with van der Waals surface area (Å²) in [6.45, 7) is 3.82. The SMILES string of the molecule is Cc1cc(C)c(C#N)c(Nc2ccc(Oc3ccccc3)cc2)n1. The zero-order valence-electron chi connectivity index (χ0n) is 13.6. The molecule has 0 aliphatic heterocycles. The van der Waals surface area contributed by atoms with Crippen LogP contribution in [0.25, 0.3) is 0 Å². The molecule has 0 saturated heterocycles. The summed E-state index contributed by atoms with van der Waals surface area (Å²) in [5, 5.41) is 12.5. The predicted octanol–water partition coefficient (Wildman–Crippen LogP) is 5.11. The highest BCUT2D eigenvalue weighted by Crippen LogP contribution is 2.26. The number of aryl methyl sites for hydroxylation is 2. The molecule has 1 N–H and O–H groups in total. The van der Waals surface area contributed by atoms with Gasteiger partial charge in [-0.25, -0.2) is 4.98 Å². The number of benzene rings is 2. The first-order chi connectivity index (χ1) is 11.7. The van der Waals surface area contributed by atoms with Gasteiger partial charge in [-0.3, -0.25) is 0 Å². The minimum absolute atomic E-state index is 0.560. The number of hydrogen-bond acceptors (Lipinski definition) is 4. The van der Waals surface area contributed by atoms with Crippen LogP contribution in [0.4, 0.5) is 11.5 Å². The lowest BCUT2D eigenvalue weighted by atomic mass is 10.1. The van der Waals surface area contributed by atoms with E-state index in [-0.39, 0.29) is 0 Å². The van der Waals surface area contributed by atoms with Gasteiger partial charge in [0.05, 0.1) is 5.56 Å². The van der Waals surface area contributed by atoms with Crippen LogP contribution in [0, 0.1) is 25.2 Å². The molecule has 1 heterocycles. The van der Waals surface area contributed by atoms with Crippen molar-refractivity contribution in [2.24, 2.45) is 0 Å². The monoisotopic (exact) mass is 315 g/mol. The van der Waals surface area contributed by atoms with Crippen LogP contribution in [-0.2, 0) is 0 Å². The fourth-order valence-electron chi connectivity index (χ4n) is 2.44. The summed E-state index contributed by atoms with van der Waals surface area (Å²) in [5.74, 6) is 2.12. The third-order valence-electron chi connectivity index (χ3n) is 3.55. The Bertz CT molecular complexity index is 881. The zero-order valence-corrected chi connectivity index (χ0v) is 13.6. The molecule has 0 bridgehead atoms. The summed E-state index contributed by atoms with van der Waals surface area (Å²) in [5.41, 5.74) is 3.20. The first-order valence-corrected chi connectivity index (χ1v) is 7.64. The first-order valence-electron chi connectivity index (χ1n) is 7.64. The Morgan fingerprint density at radius 3 is 2.29 bits per heavy atom. The Hall–Kier alpha value is -3.32. The number of ether oxygens (including phenoxy) is 1. The van der Waals surface area contributed by atoms with Crippen LogP contribution < -0.4 is 10.1 Å². The molecule has 2 aromatic carbocycles. The third kappa shape index (κ3) is 3.53. The first kappa shape index (κ1) is 15.6. The molecule has 3 rings (SSSR count). The molecule has 0 aliphatic carbocycles. The Kier molecular flexibility index (Phi) is 4.44. The van der Waals surface area contributed by atoms with Crippen molar-refractivity contribution in [2.75, 3.05) is 5.32 Å². The van der Waals surface area contributed by atoms with E-state index in [1.54, 1.807) is 0 Å². The third-order valence-corrected chi connectivity index (χ3v) is 3.55. The van der Waals surface area contributed by atoms with Gasteiger partial charge < -0.3 is 10.1 Å². The summed E-state index contributed by atoms with van der Waals surface area (Å²) < 4.78 is 5.77. The lowest BCUT2D eigenvalue weighted by molar-refractivity contribution is 0.483. The molecule has 0 spiro atoms. The number of nitrogens with zero attached hydrogens (tertiary/aromatic N) is 2. The molecule has 3 aromatic rings. The normalized spacial score (nSPS) is 10.0. The molecule has 0 amide bonds. The topological polar surface area (TPSA) is 57.9 Å². The number of nitrogens with one attached hydrogen (secondary N) is 1. The Labute approximate surface area is 141 Å². The van der Waals surface area contributed by atoms with E-state index in [4.69, 9.17) is 4.74 Å². The van der Waals surface area contributed by atoms with Gasteiger partial charge in [0.25, 0.3) is 0 Å². The molecule has 0 atom stereocenters. The molecule has 4 nitrogen and oxygen atoms in total. The number of aromatic nitrogens is 1. The molecule has 118 valence electrons. The van der Waals surface area contributed by atoms with Crippen LogP contribution >= 0.6 is 0 Å². The molecule has 0 radical (unpaired) electrons. The van der Waals surface area contributed by atoms with Crippen molar-refractivity contribution < 1.29 is 4.74 Å². The molecule has 4 heteroatoms. The maximum atomic E-state index is 9.33. The maximum Gasteiger partial charge on any atom is 0.148 e. The van der Waals surface area contributed by atoms with Gasteiger partial charge in [-0.1, -0.05) is 18.2 Å². The van der Waals surface area contributed by atoms with E-state index < -0.39 is 0 Å². The van der Waals surface area contributed by atoms with Crippen LogP contribution in [-0.4, -0.2) is 4.98 Å². The van der Waals surface area contributed by atoms with Crippen LogP contribution in [0.15, 0.2) is 60.7 Å². The van der Waals surface area contributed by atoms with Gasteiger partial charge in [-0.15, -0.1) is 0 Å². The summed E-state index contributed by atoms with van der Waals surface area (Å²) in [7, 11) is 0. The average molecular weight is 315 g/mol. The van der Waals surface area contributed by atoms with E-state index in [2.05, 4.69) is 16.4 Å². The van der Waals surface area contributed by atoms with Gasteiger partial charge in [-0.05, 0) is 61.9 Å². The van der Waals surface area contributed by atoms with Crippen molar-refractivity contribution in [3.05, 3.63) is 77.5 Å². The number of pyridine rings is 1. The number of nitriles is 1. The quantitative estimate of drug-likeness (QED) is 0.727. The lowest BCUT2D eigenvalue weighted by Gasteiger charge is -2.11. The van der Waals surface area contributed by atoms with E-state index in [0.29, 0.717) is 11.4 Å². The van der Waals surface area contributed by atoms with Crippen molar-refractivity contribution in [3.63, 3.8) is 0 Å². The van der Waals surface area contributed by atoms with Crippen molar-refractivity contribution in [3.8, 4) is 17.6 Å². The van der Waals surface area contributed by atoms with Crippen molar-refractivity contribution in [2.45, 2.75) is 13.8 Å². The van der Waals surface area contributed by atoms with Crippen molar-refractivity contribution in [1.82, 2.24) is 4.98 Å². The van der Waals surface area contributed by atoms with Gasteiger partial charge >= 0.3 is 0 Å².